The van der Waals surface area contributed by atoms with Crippen molar-refractivity contribution in [3.63, 3.8) is 0 Å². The van der Waals surface area contributed by atoms with Gasteiger partial charge < -0.3 is 16.0 Å². The molecule has 0 aromatic heterocycles. The molecular weight excluding hydrogens is 252 g/mol. The van der Waals surface area contributed by atoms with Crippen LogP contribution < -0.4 is 16.0 Å². The van der Waals surface area contributed by atoms with Crippen molar-refractivity contribution in [1.29, 1.82) is 0 Å². The maximum Gasteiger partial charge on any atom is 0.286 e. The Hall–Kier alpha value is -1.44. The minimum atomic E-state index is -3.58. The van der Waals surface area contributed by atoms with E-state index in [0.29, 0.717) is 18.1 Å². The monoisotopic (exact) mass is 266 g/mol. The van der Waals surface area contributed by atoms with Crippen molar-refractivity contribution in [3.05, 3.63) is 24.3 Å². The van der Waals surface area contributed by atoms with Gasteiger partial charge in [-0.15, -0.1) is 4.40 Å². The van der Waals surface area contributed by atoms with Crippen molar-refractivity contribution in [2.24, 2.45) is 4.40 Å². The van der Waals surface area contributed by atoms with Crippen LogP contribution in [0.5, 0.6) is 0 Å². The van der Waals surface area contributed by atoms with Crippen LogP contribution in [0.3, 0.4) is 0 Å². The Bertz CT molecular complexity index is 591. The highest BCUT2D eigenvalue weighted by molar-refractivity contribution is 7.90. The van der Waals surface area contributed by atoms with Crippen LogP contribution in [0.4, 0.5) is 5.69 Å². The number of anilines is 1. The molecule has 0 saturated carbocycles. The van der Waals surface area contributed by atoms with E-state index in [0.717, 1.165) is 13.1 Å². The molecule has 7 heteroatoms. The number of fused-ring (bicyclic) bond motifs is 1. The van der Waals surface area contributed by atoms with E-state index in [9.17, 15) is 8.42 Å². The maximum absolute atomic E-state index is 12.1. The Morgan fingerprint density at radius 1 is 1.22 bits per heavy atom. The second kappa shape index (κ2) is 4.34. The fourth-order valence-corrected chi connectivity index (χ4v) is 3.31. The molecule has 1 saturated heterocycles. The molecule has 1 aromatic carbocycles. The minimum absolute atomic E-state index is 0.0955. The molecule has 3 N–H and O–H groups in total. The first-order valence-electron chi connectivity index (χ1n) is 5.82. The Kier molecular flexibility index (Phi) is 2.81. The molecule has 1 atom stereocenters. The second-order valence-electron chi connectivity index (χ2n) is 4.28. The molecule has 1 unspecified atom stereocenters. The van der Waals surface area contributed by atoms with Crippen LogP contribution in [-0.2, 0) is 10.0 Å². The third-order valence-corrected chi connectivity index (χ3v) is 4.37. The fraction of sp³-hybridized carbons (Fsp3) is 0.364. The SMILES string of the molecule is O=S1(=O)N=C(C2CNCCN2)Nc2ccccc21. The normalized spacial score (nSPS) is 25.8. The van der Waals surface area contributed by atoms with Crippen LogP contribution in [0.1, 0.15) is 0 Å². The summed E-state index contributed by atoms with van der Waals surface area (Å²) in [4.78, 5) is 0.234. The number of hydrogen-bond acceptors (Lipinski definition) is 5. The first kappa shape index (κ1) is 11.6. The van der Waals surface area contributed by atoms with Gasteiger partial charge in [0.25, 0.3) is 10.0 Å². The van der Waals surface area contributed by atoms with E-state index in [1.165, 1.54) is 0 Å². The quantitative estimate of drug-likeness (QED) is 0.653. The van der Waals surface area contributed by atoms with Gasteiger partial charge >= 0.3 is 0 Å². The molecule has 18 heavy (non-hydrogen) atoms. The van der Waals surface area contributed by atoms with E-state index in [4.69, 9.17) is 0 Å². The van der Waals surface area contributed by atoms with Gasteiger partial charge in [-0.3, -0.25) is 0 Å². The minimum Gasteiger partial charge on any atom is -0.341 e. The van der Waals surface area contributed by atoms with Crippen LogP contribution in [0.2, 0.25) is 0 Å². The molecule has 6 nitrogen and oxygen atoms in total. The lowest BCUT2D eigenvalue weighted by Crippen LogP contribution is -2.54. The van der Waals surface area contributed by atoms with E-state index in [1.807, 2.05) is 0 Å². The first-order valence-corrected chi connectivity index (χ1v) is 7.26. The summed E-state index contributed by atoms with van der Waals surface area (Å²) in [6.45, 7) is 2.35. The molecular formula is C11H14N4O2S. The van der Waals surface area contributed by atoms with E-state index in [1.54, 1.807) is 24.3 Å². The molecule has 2 aliphatic rings. The highest BCUT2D eigenvalue weighted by Gasteiger charge is 2.28. The predicted octanol–water partition coefficient (Wildman–Crippen LogP) is -0.239. The van der Waals surface area contributed by atoms with Gasteiger partial charge in [-0.2, -0.15) is 8.42 Å². The zero-order valence-corrected chi connectivity index (χ0v) is 10.5. The Labute approximate surface area is 106 Å². The van der Waals surface area contributed by atoms with Gasteiger partial charge in [-0.25, -0.2) is 0 Å². The summed E-state index contributed by atoms with van der Waals surface area (Å²) < 4.78 is 28.0. The van der Waals surface area contributed by atoms with Gasteiger partial charge in [0, 0.05) is 19.6 Å². The molecule has 3 rings (SSSR count). The Morgan fingerprint density at radius 3 is 2.83 bits per heavy atom. The lowest BCUT2D eigenvalue weighted by molar-refractivity contribution is 0.487. The predicted molar refractivity (Wildman–Crippen MR) is 69.3 cm³/mol. The third kappa shape index (κ3) is 2.00. The maximum atomic E-state index is 12.1. The number of para-hydroxylation sites is 1. The molecule has 0 spiro atoms. The Morgan fingerprint density at radius 2 is 2.06 bits per heavy atom. The summed E-state index contributed by atoms with van der Waals surface area (Å²) >= 11 is 0. The molecule has 2 heterocycles. The smallest absolute Gasteiger partial charge is 0.286 e. The van der Waals surface area contributed by atoms with Gasteiger partial charge in [0.15, 0.2) is 0 Å². The summed E-state index contributed by atoms with van der Waals surface area (Å²) in [6.07, 6.45) is 0. The summed E-state index contributed by atoms with van der Waals surface area (Å²) in [5, 5.41) is 9.53. The lowest BCUT2D eigenvalue weighted by Gasteiger charge is -2.28. The molecule has 0 amide bonds. The zero-order chi connectivity index (χ0) is 12.6. The highest BCUT2D eigenvalue weighted by atomic mass is 32.2. The van der Waals surface area contributed by atoms with Crippen LogP contribution in [0.15, 0.2) is 33.6 Å². The number of piperazine rings is 1. The van der Waals surface area contributed by atoms with Gasteiger partial charge in [-0.05, 0) is 12.1 Å². The van der Waals surface area contributed by atoms with Crippen LogP contribution in [0, 0.1) is 0 Å². The third-order valence-electron chi connectivity index (χ3n) is 3.02. The number of hydrogen-bond donors (Lipinski definition) is 3. The summed E-state index contributed by atoms with van der Waals surface area (Å²) in [5.41, 5.74) is 0.592. The van der Waals surface area contributed by atoms with Crippen LogP contribution >= 0.6 is 0 Å². The van der Waals surface area contributed by atoms with Gasteiger partial charge in [0.05, 0.1) is 11.7 Å². The zero-order valence-electron chi connectivity index (χ0n) is 9.68. The van der Waals surface area contributed by atoms with Crippen molar-refractivity contribution >= 4 is 21.5 Å². The lowest BCUT2D eigenvalue weighted by atomic mass is 10.2. The van der Waals surface area contributed by atoms with Crippen molar-refractivity contribution in [3.8, 4) is 0 Å². The number of sulfonamides is 1. The fourth-order valence-electron chi connectivity index (χ4n) is 2.13. The standard InChI is InChI=1S/C11H14N4O2S/c16-18(17)10-4-2-1-3-8(10)14-11(15-18)9-7-12-5-6-13-9/h1-4,9,12-13H,5-7H2,(H,14,15). The van der Waals surface area contributed by atoms with Crippen LogP contribution in [-0.4, -0.2) is 39.9 Å². The number of benzene rings is 1. The number of nitrogens with one attached hydrogen (secondary N) is 3. The molecule has 2 aliphatic heterocycles. The molecule has 0 bridgehead atoms. The van der Waals surface area contributed by atoms with Crippen molar-refractivity contribution in [1.82, 2.24) is 10.6 Å². The summed E-state index contributed by atoms with van der Waals surface area (Å²) in [7, 11) is -3.58. The van der Waals surface area contributed by atoms with Crippen molar-refractivity contribution in [2.45, 2.75) is 10.9 Å². The number of amidine groups is 1. The highest BCUT2D eigenvalue weighted by Crippen LogP contribution is 2.27. The second-order valence-corrected chi connectivity index (χ2v) is 5.86. The average Bonchev–Trinajstić information content (AvgIpc) is 2.39. The topological polar surface area (TPSA) is 82.6 Å². The molecule has 0 aliphatic carbocycles. The molecule has 1 aromatic rings. The van der Waals surface area contributed by atoms with E-state index < -0.39 is 10.0 Å². The first-order chi connectivity index (χ1) is 8.67. The molecule has 96 valence electrons. The molecule has 1 fully saturated rings. The van der Waals surface area contributed by atoms with Crippen LogP contribution in [0.25, 0.3) is 0 Å². The number of nitrogens with zero attached hydrogens (tertiary/aromatic N) is 1. The van der Waals surface area contributed by atoms with Crippen molar-refractivity contribution in [2.75, 3.05) is 25.0 Å². The van der Waals surface area contributed by atoms with E-state index in [2.05, 4.69) is 20.3 Å². The Balaban J connectivity index is 1.98. The summed E-state index contributed by atoms with van der Waals surface area (Å²) in [5.74, 6) is 0.459. The van der Waals surface area contributed by atoms with Crippen molar-refractivity contribution < 1.29 is 8.42 Å². The van der Waals surface area contributed by atoms with Gasteiger partial charge in [-0.1, -0.05) is 12.1 Å². The van der Waals surface area contributed by atoms with E-state index in [-0.39, 0.29) is 10.9 Å². The molecule has 0 radical (unpaired) electrons. The number of rotatable bonds is 1. The van der Waals surface area contributed by atoms with Gasteiger partial charge in [0.2, 0.25) is 0 Å². The van der Waals surface area contributed by atoms with Gasteiger partial charge in [0.1, 0.15) is 10.7 Å². The average molecular weight is 266 g/mol. The van der Waals surface area contributed by atoms with E-state index >= 15 is 0 Å². The largest absolute Gasteiger partial charge is 0.341 e. The summed E-state index contributed by atoms with van der Waals surface area (Å²) in [6, 6.07) is 6.71.